The van der Waals surface area contributed by atoms with E-state index < -0.39 is 0 Å². The Balaban J connectivity index is 1.98. The van der Waals surface area contributed by atoms with E-state index in [4.69, 9.17) is 4.74 Å². The fourth-order valence-electron chi connectivity index (χ4n) is 1.46. The van der Waals surface area contributed by atoms with Gasteiger partial charge in [-0.2, -0.15) is 0 Å². The van der Waals surface area contributed by atoms with Crippen molar-refractivity contribution in [3.63, 3.8) is 0 Å². The highest BCUT2D eigenvalue weighted by Gasteiger charge is 2.14. The fraction of sp³-hybridized carbons (Fsp3) is 0.462. The Hall–Kier alpha value is -1.31. The monoisotopic (exact) mass is 206 g/mol. The summed E-state index contributed by atoms with van der Waals surface area (Å²) in [6.07, 6.45) is 15.9. The number of ether oxygens (including phenoxy) is 1. The van der Waals surface area contributed by atoms with Crippen molar-refractivity contribution in [3.05, 3.63) is 36.5 Å². The van der Waals surface area contributed by atoms with Gasteiger partial charge in [0.2, 0.25) is 0 Å². The molecule has 1 aliphatic rings. The van der Waals surface area contributed by atoms with Crippen molar-refractivity contribution in [2.45, 2.75) is 38.7 Å². The molecule has 0 N–H and O–H groups in total. The van der Waals surface area contributed by atoms with Crippen molar-refractivity contribution < 1.29 is 9.53 Å². The summed E-state index contributed by atoms with van der Waals surface area (Å²) >= 11 is 0. The van der Waals surface area contributed by atoms with Gasteiger partial charge in [0, 0.05) is 6.08 Å². The second-order valence-corrected chi connectivity index (χ2v) is 3.57. The predicted molar refractivity (Wildman–Crippen MR) is 61.4 cm³/mol. The van der Waals surface area contributed by atoms with Crippen LogP contribution >= 0.6 is 0 Å². The van der Waals surface area contributed by atoms with Crippen LogP contribution in [0.25, 0.3) is 0 Å². The minimum absolute atomic E-state index is 0.0250. The molecule has 0 saturated carbocycles. The van der Waals surface area contributed by atoms with Crippen LogP contribution < -0.4 is 0 Å². The third kappa shape index (κ3) is 5.21. The van der Waals surface area contributed by atoms with E-state index in [2.05, 4.69) is 12.2 Å². The van der Waals surface area contributed by atoms with Gasteiger partial charge in [-0.15, -0.1) is 0 Å². The summed E-state index contributed by atoms with van der Waals surface area (Å²) < 4.78 is 5.03. The molecule has 0 bridgehead atoms. The molecule has 1 aliphatic heterocycles. The average molecular weight is 206 g/mol. The highest BCUT2D eigenvalue weighted by Crippen LogP contribution is 2.13. The lowest BCUT2D eigenvalue weighted by molar-refractivity contribution is -0.138. The molecule has 1 rings (SSSR count). The van der Waals surface area contributed by atoms with E-state index in [1.165, 1.54) is 6.08 Å². The zero-order valence-electron chi connectivity index (χ0n) is 9.19. The first-order chi connectivity index (χ1) is 7.33. The van der Waals surface area contributed by atoms with Gasteiger partial charge in [-0.3, -0.25) is 0 Å². The molecule has 0 aromatic carbocycles. The number of allylic oxidation sites excluding steroid dienone is 4. The molecule has 0 amide bonds. The molecular formula is C13H18O2. The standard InChI is InChI=1S/C13H18O2/c1-2-3-4-5-6-7-8-9-12-10-11-13(14)15-12/h2-5,10-12H,6-9H2,1H3/b3-2+,5-4+. The van der Waals surface area contributed by atoms with Crippen molar-refractivity contribution in [1.29, 1.82) is 0 Å². The van der Waals surface area contributed by atoms with Crippen LogP contribution in [0, 0.1) is 0 Å². The lowest BCUT2D eigenvalue weighted by Crippen LogP contribution is -2.06. The first kappa shape index (κ1) is 11.8. The molecule has 1 unspecified atom stereocenters. The van der Waals surface area contributed by atoms with Gasteiger partial charge in [0.15, 0.2) is 0 Å². The average Bonchev–Trinajstić information content (AvgIpc) is 2.63. The summed E-state index contributed by atoms with van der Waals surface area (Å²) in [6.45, 7) is 2.01. The molecular weight excluding hydrogens is 188 g/mol. The third-order valence-electron chi connectivity index (χ3n) is 2.26. The van der Waals surface area contributed by atoms with Crippen LogP contribution in [-0.2, 0) is 9.53 Å². The quantitative estimate of drug-likeness (QED) is 0.379. The van der Waals surface area contributed by atoms with Crippen LogP contribution in [-0.4, -0.2) is 12.1 Å². The molecule has 82 valence electrons. The van der Waals surface area contributed by atoms with E-state index in [-0.39, 0.29) is 12.1 Å². The molecule has 0 saturated heterocycles. The Kier molecular flexibility index (Phi) is 5.52. The van der Waals surface area contributed by atoms with E-state index in [1.807, 2.05) is 25.2 Å². The van der Waals surface area contributed by atoms with Gasteiger partial charge in [-0.25, -0.2) is 4.79 Å². The predicted octanol–water partition coefficient (Wildman–Crippen LogP) is 3.16. The number of hydrogen-bond donors (Lipinski definition) is 0. The van der Waals surface area contributed by atoms with Crippen molar-refractivity contribution in [3.8, 4) is 0 Å². The number of unbranched alkanes of at least 4 members (excludes halogenated alkanes) is 2. The molecule has 0 spiro atoms. The van der Waals surface area contributed by atoms with Gasteiger partial charge in [0.1, 0.15) is 6.10 Å². The third-order valence-corrected chi connectivity index (χ3v) is 2.26. The zero-order chi connectivity index (χ0) is 10.9. The molecule has 2 nitrogen and oxygen atoms in total. The second-order valence-electron chi connectivity index (χ2n) is 3.57. The lowest BCUT2D eigenvalue weighted by atomic mass is 10.1. The zero-order valence-corrected chi connectivity index (χ0v) is 9.19. The van der Waals surface area contributed by atoms with Gasteiger partial charge in [0.25, 0.3) is 0 Å². The molecule has 15 heavy (non-hydrogen) atoms. The first-order valence-corrected chi connectivity index (χ1v) is 5.49. The Morgan fingerprint density at radius 1 is 1.40 bits per heavy atom. The molecule has 1 atom stereocenters. The second kappa shape index (κ2) is 7.04. The van der Waals surface area contributed by atoms with Crippen molar-refractivity contribution in [2.24, 2.45) is 0 Å². The number of carbonyl (C=O) groups is 1. The summed E-state index contributed by atoms with van der Waals surface area (Å²) in [5, 5.41) is 0. The highest BCUT2D eigenvalue weighted by atomic mass is 16.5. The Morgan fingerprint density at radius 3 is 2.93 bits per heavy atom. The number of esters is 1. The smallest absolute Gasteiger partial charge is 0.331 e. The molecule has 1 heterocycles. The maximum Gasteiger partial charge on any atom is 0.331 e. The van der Waals surface area contributed by atoms with Crippen molar-refractivity contribution in [1.82, 2.24) is 0 Å². The van der Waals surface area contributed by atoms with Crippen molar-refractivity contribution in [2.75, 3.05) is 0 Å². The SMILES string of the molecule is C/C=C/C=C/CCCCC1C=CC(=O)O1. The van der Waals surface area contributed by atoms with Crippen LogP contribution in [0.1, 0.15) is 32.6 Å². The van der Waals surface area contributed by atoms with Gasteiger partial charge < -0.3 is 4.74 Å². The van der Waals surface area contributed by atoms with Crippen LogP contribution in [0.2, 0.25) is 0 Å². The van der Waals surface area contributed by atoms with Gasteiger partial charge in [-0.05, 0) is 38.7 Å². The summed E-state index contributed by atoms with van der Waals surface area (Å²) in [4.78, 5) is 10.7. The van der Waals surface area contributed by atoms with Crippen molar-refractivity contribution >= 4 is 5.97 Å². The Bertz CT molecular complexity index is 274. The highest BCUT2D eigenvalue weighted by molar-refractivity contribution is 5.84. The van der Waals surface area contributed by atoms with Crippen LogP contribution in [0.5, 0.6) is 0 Å². The van der Waals surface area contributed by atoms with Crippen LogP contribution in [0.3, 0.4) is 0 Å². The molecule has 2 heteroatoms. The number of cyclic esters (lactones) is 1. The van der Waals surface area contributed by atoms with Gasteiger partial charge >= 0.3 is 5.97 Å². The maximum atomic E-state index is 10.7. The number of hydrogen-bond acceptors (Lipinski definition) is 2. The van der Waals surface area contributed by atoms with Gasteiger partial charge in [0.05, 0.1) is 0 Å². The lowest BCUT2D eigenvalue weighted by Gasteiger charge is -2.06. The molecule has 0 aliphatic carbocycles. The Labute approximate surface area is 91.3 Å². The van der Waals surface area contributed by atoms with E-state index in [0.29, 0.717) is 0 Å². The number of carbonyl (C=O) groups excluding carboxylic acids is 1. The van der Waals surface area contributed by atoms with E-state index in [9.17, 15) is 4.79 Å². The maximum absolute atomic E-state index is 10.7. The minimum Gasteiger partial charge on any atom is -0.455 e. The largest absolute Gasteiger partial charge is 0.455 e. The summed E-state index contributed by atoms with van der Waals surface area (Å²) in [5.41, 5.74) is 0. The summed E-state index contributed by atoms with van der Waals surface area (Å²) in [6, 6.07) is 0. The van der Waals surface area contributed by atoms with E-state index >= 15 is 0 Å². The number of rotatable bonds is 6. The summed E-state index contributed by atoms with van der Waals surface area (Å²) in [5.74, 6) is -0.201. The van der Waals surface area contributed by atoms with E-state index in [1.54, 1.807) is 0 Å². The fourth-order valence-corrected chi connectivity index (χ4v) is 1.46. The molecule has 0 aromatic heterocycles. The first-order valence-electron chi connectivity index (χ1n) is 5.49. The summed E-state index contributed by atoms with van der Waals surface area (Å²) in [7, 11) is 0. The normalized spacial score (nSPS) is 20.6. The molecule has 0 radical (unpaired) electrons. The van der Waals surface area contributed by atoms with Crippen LogP contribution in [0.4, 0.5) is 0 Å². The van der Waals surface area contributed by atoms with Gasteiger partial charge in [-0.1, -0.05) is 24.3 Å². The molecule has 0 fully saturated rings. The Morgan fingerprint density at radius 2 is 2.27 bits per heavy atom. The van der Waals surface area contributed by atoms with Crippen LogP contribution in [0.15, 0.2) is 36.5 Å². The minimum atomic E-state index is -0.201. The van der Waals surface area contributed by atoms with E-state index in [0.717, 1.165) is 25.7 Å². The molecule has 0 aromatic rings. The topological polar surface area (TPSA) is 26.3 Å².